The summed E-state index contributed by atoms with van der Waals surface area (Å²) in [4.78, 5) is 24.5. The Hall–Kier alpha value is -2.08. The van der Waals surface area contributed by atoms with Gasteiger partial charge in [-0.1, -0.05) is 39.0 Å². The van der Waals surface area contributed by atoms with Crippen LogP contribution < -0.4 is 22.6 Å². The number of nitrogens with one attached hydrogen (secondary N) is 1. The second kappa shape index (κ2) is 7.97. The summed E-state index contributed by atoms with van der Waals surface area (Å²) in [6.45, 7) is 2.50. The molecule has 0 spiro atoms. The Labute approximate surface area is 135 Å². The molecule has 0 amide bonds. The number of hydrogen-bond donors (Lipinski definition) is 3. The average Bonchev–Trinajstić information content (AvgIpc) is 2.52. The molecule has 0 radical (unpaired) electrons. The molecular weight excluding hydrogens is 292 g/mol. The summed E-state index contributed by atoms with van der Waals surface area (Å²) in [5, 5.41) is 3.29. The van der Waals surface area contributed by atoms with Gasteiger partial charge in [-0.25, -0.2) is 4.68 Å². The largest absolute Gasteiger partial charge is 0.399 e. The van der Waals surface area contributed by atoms with Crippen LogP contribution >= 0.6 is 0 Å². The Morgan fingerprint density at radius 1 is 1.13 bits per heavy atom. The molecule has 6 heteroatoms. The van der Waals surface area contributed by atoms with E-state index in [1.54, 1.807) is 12.1 Å². The van der Waals surface area contributed by atoms with E-state index < -0.39 is 0 Å². The van der Waals surface area contributed by atoms with Crippen molar-refractivity contribution in [2.24, 2.45) is 5.73 Å². The first-order valence-corrected chi connectivity index (χ1v) is 8.31. The molecule has 1 heterocycles. The number of rotatable bonds is 8. The van der Waals surface area contributed by atoms with Crippen LogP contribution in [0.3, 0.4) is 0 Å². The molecule has 0 saturated heterocycles. The summed E-state index contributed by atoms with van der Waals surface area (Å²) >= 11 is 0. The van der Waals surface area contributed by atoms with Gasteiger partial charge in [-0.15, -0.1) is 0 Å². The first kappa shape index (κ1) is 17.3. The van der Waals surface area contributed by atoms with Crippen molar-refractivity contribution in [2.45, 2.75) is 58.0 Å². The van der Waals surface area contributed by atoms with Crippen LogP contribution in [0.1, 0.15) is 45.4 Å². The number of fused-ring (bicyclic) bond motifs is 1. The number of hydrogen-bond acceptors (Lipinski definition) is 4. The highest BCUT2D eigenvalue weighted by Gasteiger charge is 2.10. The molecule has 0 aliphatic rings. The summed E-state index contributed by atoms with van der Waals surface area (Å²) in [5.41, 5.74) is 11.7. The Morgan fingerprint density at radius 2 is 1.87 bits per heavy atom. The fourth-order valence-electron chi connectivity index (χ4n) is 2.78. The van der Waals surface area contributed by atoms with Crippen molar-refractivity contribution in [3.8, 4) is 0 Å². The normalized spacial score (nSPS) is 12.6. The smallest absolute Gasteiger partial charge is 0.273 e. The van der Waals surface area contributed by atoms with Gasteiger partial charge in [0.15, 0.2) is 0 Å². The SMILES string of the molecule is CCCCCCCC(N)Cn1[nH]c(=O)c2cc(N)ccc2c1=O. The van der Waals surface area contributed by atoms with Crippen LogP contribution in [-0.2, 0) is 6.54 Å². The van der Waals surface area contributed by atoms with Gasteiger partial charge in [0, 0.05) is 11.7 Å². The topological polar surface area (TPSA) is 107 Å². The second-order valence-corrected chi connectivity index (χ2v) is 6.12. The Morgan fingerprint density at radius 3 is 2.61 bits per heavy atom. The lowest BCUT2D eigenvalue weighted by Gasteiger charge is -2.14. The quantitative estimate of drug-likeness (QED) is 0.511. The molecule has 6 nitrogen and oxygen atoms in total. The van der Waals surface area contributed by atoms with Gasteiger partial charge in [-0.05, 0) is 24.6 Å². The van der Waals surface area contributed by atoms with Gasteiger partial charge in [-0.2, -0.15) is 0 Å². The van der Waals surface area contributed by atoms with E-state index in [-0.39, 0.29) is 17.2 Å². The van der Waals surface area contributed by atoms with E-state index in [0.717, 1.165) is 19.3 Å². The first-order valence-electron chi connectivity index (χ1n) is 8.31. The van der Waals surface area contributed by atoms with E-state index in [1.807, 2.05) is 0 Å². The lowest BCUT2D eigenvalue weighted by Crippen LogP contribution is -2.36. The van der Waals surface area contributed by atoms with Gasteiger partial charge in [0.2, 0.25) is 0 Å². The molecule has 23 heavy (non-hydrogen) atoms. The van der Waals surface area contributed by atoms with Gasteiger partial charge < -0.3 is 11.5 Å². The second-order valence-electron chi connectivity index (χ2n) is 6.12. The predicted octanol–water partition coefficient (Wildman–Crippen LogP) is 1.96. The molecule has 0 fully saturated rings. The first-order chi connectivity index (χ1) is 11.0. The number of aromatic amines is 1. The van der Waals surface area contributed by atoms with Crippen LogP contribution in [0.5, 0.6) is 0 Å². The number of H-pyrrole nitrogens is 1. The summed E-state index contributed by atoms with van der Waals surface area (Å²) in [5.74, 6) is 0. The molecular formula is C17H26N4O2. The van der Waals surface area contributed by atoms with E-state index in [0.29, 0.717) is 23.0 Å². The van der Waals surface area contributed by atoms with Crippen LogP contribution in [0.2, 0.25) is 0 Å². The average molecular weight is 318 g/mol. The van der Waals surface area contributed by atoms with Crippen molar-refractivity contribution >= 4 is 16.5 Å². The number of anilines is 1. The fourth-order valence-corrected chi connectivity index (χ4v) is 2.78. The van der Waals surface area contributed by atoms with Crippen LogP contribution in [0.15, 0.2) is 27.8 Å². The summed E-state index contributed by atoms with van der Waals surface area (Å²) in [6, 6.07) is 4.60. The predicted molar refractivity (Wildman–Crippen MR) is 94.6 cm³/mol. The monoisotopic (exact) mass is 318 g/mol. The lowest BCUT2D eigenvalue weighted by atomic mass is 10.1. The summed E-state index contributed by atoms with van der Waals surface area (Å²) in [7, 11) is 0. The van der Waals surface area contributed by atoms with Crippen molar-refractivity contribution in [2.75, 3.05) is 5.73 Å². The number of nitrogens with zero attached hydrogens (tertiary/aromatic N) is 1. The molecule has 1 aromatic heterocycles. The number of benzene rings is 1. The molecule has 5 N–H and O–H groups in total. The maximum absolute atomic E-state index is 12.4. The Kier molecular flexibility index (Phi) is 5.98. The van der Waals surface area contributed by atoms with Crippen molar-refractivity contribution in [3.63, 3.8) is 0 Å². The fraction of sp³-hybridized carbons (Fsp3) is 0.529. The van der Waals surface area contributed by atoms with E-state index in [9.17, 15) is 9.59 Å². The third-order valence-electron chi connectivity index (χ3n) is 4.10. The minimum atomic E-state index is -0.318. The number of aromatic nitrogens is 2. The molecule has 1 atom stereocenters. The van der Waals surface area contributed by atoms with Crippen LogP contribution in [0.25, 0.3) is 10.8 Å². The number of unbranched alkanes of at least 4 members (excludes halogenated alkanes) is 4. The Bertz CT molecular complexity index is 763. The zero-order valence-electron chi connectivity index (χ0n) is 13.7. The van der Waals surface area contributed by atoms with Crippen molar-refractivity contribution < 1.29 is 0 Å². The van der Waals surface area contributed by atoms with Gasteiger partial charge in [-0.3, -0.25) is 14.7 Å². The highest BCUT2D eigenvalue weighted by atomic mass is 16.2. The van der Waals surface area contributed by atoms with Gasteiger partial charge in [0.25, 0.3) is 11.1 Å². The van der Waals surface area contributed by atoms with Crippen molar-refractivity contribution in [1.29, 1.82) is 0 Å². The maximum atomic E-state index is 12.4. The molecule has 1 unspecified atom stereocenters. The maximum Gasteiger partial charge on any atom is 0.273 e. The molecule has 1 aromatic carbocycles. The molecule has 126 valence electrons. The van der Waals surface area contributed by atoms with Crippen LogP contribution in [0.4, 0.5) is 5.69 Å². The van der Waals surface area contributed by atoms with E-state index in [4.69, 9.17) is 11.5 Å². The minimum absolute atomic E-state index is 0.142. The minimum Gasteiger partial charge on any atom is -0.399 e. The van der Waals surface area contributed by atoms with Crippen molar-refractivity contribution in [3.05, 3.63) is 38.9 Å². The molecule has 2 rings (SSSR count). The van der Waals surface area contributed by atoms with E-state index in [1.165, 1.54) is 30.0 Å². The zero-order chi connectivity index (χ0) is 16.8. The van der Waals surface area contributed by atoms with Gasteiger partial charge in [0.1, 0.15) is 0 Å². The summed E-state index contributed by atoms with van der Waals surface area (Å²) in [6.07, 6.45) is 6.73. The van der Waals surface area contributed by atoms with Crippen molar-refractivity contribution in [1.82, 2.24) is 9.78 Å². The van der Waals surface area contributed by atoms with Crippen LogP contribution in [-0.4, -0.2) is 15.8 Å². The molecule has 0 aliphatic carbocycles. The van der Waals surface area contributed by atoms with Gasteiger partial charge in [0.05, 0.1) is 17.3 Å². The zero-order valence-corrected chi connectivity index (χ0v) is 13.7. The molecule has 0 bridgehead atoms. The lowest BCUT2D eigenvalue weighted by molar-refractivity contribution is 0.448. The van der Waals surface area contributed by atoms with E-state index in [2.05, 4.69) is 12.0 Å². The third kappa shape index (κ3) is 4.45. The van der Waals surface area contributed by atoms with Gasteiger partial charge >= 0.3 is 0 Å². The molecule has 0 saturated carbocycles. The highest BCUT2D eigenvalue weighted by Crippen LogP contribution is 2.10. The third-order valence-corrected chi connectivity index (χ3v) is 4.10. The standard InChI is InChI=1S/C17H26N4O2/c1-2-3-4-5-6-7-13(19)11-21-17(23)14-9-8-12(18)10-15(14)16(22)20-21/h8-10,13H,2-7,11,18-19H2,1H3,(H,20,22). The van der Waals surface area contributed by atoms with E-state index >= 15 is 0 Å². The Balaban J connectivity index is 2.08. The molecule has 0 aliphatic heterocycles. The van der Waals surface area contributed by atoms with Crippen LogP contribution in [0, 0.1) is 0 Å². The number of nitrogen functional groups attached to an aromatic ring is 1. The number of nitrogens with two attached hydrogens (primary N) is 2. The highest BCUT2D eigenvalue weighted by molar-refractivity contribution is 5.83. The molecule has 2 aromatic rings. The summed E-state index contributed by atoms with van der Waals surface area (Å²) < 4.78 is 1.32.